The zero-order chi connectivity index (χ0) is 20.1. The van der Waals surface area contributed by atoms with Crippen LogP contribution in [0.2, 0.25) is 0 Å². The van der Waals surface area contributed by atoms with Crippen LogP contribution in [0.4, 0.5) is 8.78 Å². The second kappa shape index (κ2) is 8.51. The number of furan rings is 1. The number of rotatable bonds is 8. The largest absolute Gasteiger partial charge is 0.463 e. The molecule has 0 bridgehead atoms. The third-order valence-electron chi connectivity index (χ3n) is 4.04. The Balaban J connectivity index is 1.71. The molecule has 0 aliphatic carbocycles. The van der Waals surface area contributed by atoms with Crippen LogP contribution in [0.5, 0.6) is 5.75 Å². The number of aromatic nitrogens is 1. The maximum absolute atomic E-state index is 12.5. The molecule has 2 aromatic heterocycles. The Bertz CT molecular complexity index is 961. The topological polar surface area (TPSA) is 66.0 Å². The Morgan fingerprint density at radius 1 is 1.25 bits per heavy atom. The number of carbonyl (C=O) groups is 1. The smallest absolute Gasteiger partial charge is 0.387 e. The van der Waals surface area contributed by atoms with Gasteiger partial charge in [-0.05, 0) is 56.3 Å². The first-order chi connectivity index (χ1) is 13.5. The van der Waals surface area contributed by atoms with E-state index in [1.54, 1.807) is 37.3 Å². The van der Waals surface area contributed by atoms with Crippen LogP contribution < -0.4 is 4.74 Å². The van der Waals surface area contributed by atoms with Gasteiger partial charge in [-0.3, -0.25) is 4.79 Å². The lowest BCUT2D eigenvalue weighted by molar-refractivity contribution is -0.0498. The van der Waals surface area contributed by atoms with Gasteiger partial charge in [-0.2, -0.15) is 8.78 Å². The van der Waals surface area contributed by atoms with Crippen LogP contribution in [-0.4, -0.2) is 29.8 Å². The molecule has 0 atom stereocenters. The molecule has 0 fully saturated rings. The summed E-state index contributed by atoms with van der Waals surface area (Å²) in [5.74, 6) is 0.360. The molecular formula is C20H18F2N2O4. The van der Waals surface area contributed by atoms with Crippen molar-refractivity contribution in [3.8, 4) is 11.4 Å². The molecule has 1 aromatic carbocycles. The van der Waals surface area contributed by atoms with E-state index in [9.17, 15) is 13.6 Å². The molecule has 28 heavy (non-hydrogen) atoms. The highest BCUT2D eigenvalue weighted by molar-refractivity contribution is 5.98. The highest BCUT2D eigenvalue weighted by atomic mass is 19.3. The fourth-order valence-electron chi connectivity index (χ4n) is 2.85. The van der Waals surface area contributed by atoms with Crippen molar-refractivity contribution < 1.29 is 27.6 Å². The van der Waals surface area contributed by atoms with Gasteiger partial charge in [0.05, 0.1) is 6.26 Å². The highest BCUT2D eigenvalue weighted by Crippen LogP contribution is 2.24. The molecule has 0 amide bonds. The number of nitrogens with zero attached hydrogens (tertiary/aromatic N) is 2. The van der Waals surface area contributed by atoms with Crippen molar-refractivity contribution in [1.29, 1.82) is 0 Å². The molecule has 6 nitrogen and oxygen atoms in total. The van der Waals surface area contributed by atoms with E-state index in [2.05, 4.69) is 9.89 Å². The van der Waals surface area contributed by atoms with E-state index in [1.165, 1.54) is 24.6 Å². The molecule has 0 saturated carbocycles. The molecular weight excluding hydrogens is 370 g/mol. The average molecular weight is 388 g/mol. The van der Waals surface area contributed by atoms with Crippen molar-refractivity contribution in [1.82, 2.24) is 4.57 Å². The number of alkyl halides is 2. The second-order valence-corrected chi connectivity index (χ2v) is 5.94. The van der Waals surface area contributed by atoms with E-state index in [0.717, 1.165) is 11.4 Å². The van der Waals surface area contributed by atoms with Crippen LogP contribution in [0.25, 0.3) is 5.69 Å². The first-order valence-corrected chi connectivity index (χ1v) is 8.42. The summed E-state index contributed by atoms with van der Waals surface area (Å²) in [6.45, 7) is 0.558. The predicted molar refractivity (Wildman–Crippen MR) is 98.5 cm³/mol. The SMILES string of the molecule is Cc1cc(C(=O)CON=Cc2ccco2)c(C)n1-c1ccc(OC(F)F)cc1. The number of halogens is 2. The predicted octanol–water partition coefficient (Wildman–Crippen LogP) is 4.52. The molecule has 3 aromatic rings. The molecule has 0 radical (unpaired) electrons. The van der Waals surface area contributed by atoms with Gasteiger partial charge >= 0.3 is 6.61 Å². The summed E-state index contributed by atoms with van der Waals surface area (Å²) in [5.41, 5.74) is 2.76. The molecule has 146 valence electrons. The summed E-state index contributed by atoms with van der Waals surface area (Å²) in [4.78, 5) is 17.5. The number of carbonyl (C=O) groups excluding carboxylic acids is 1. The van der Waals surface area contributed by atoms with Gasteiger partial charge in [-0.25, -0.2) is 0 Å². The normalized spacial score (nSPS) is 11.3. The number of benzene rings is 1. The standard InChI is InChI=1S/C20H18F2N2O4/c1-13-10-18(19(25)12-27-23-11-17-4-3-9-26-17)14(2)24(13)15-5-7-16(8-6-15)28-20(21)22/h3-11,20H,12H2,1-2H3. The van der Waals surface area contributed by atoms with Crippen LogP contribution in [-0.2, 0) is 4.84 Å². The van der Waals surface area contributed by atoms with Crippen LogP contribution in [0, 0.1) is 13.8 Å². The van der Waals surface area contributed by atoms with E-state index >= 15 is 0 Å². The summed E-state index contributed by atoms with van der Waals surface area (Å²) in [6.07, 6.45) is 2.88. The summed E-state index contributed by atoms with van der Waals surface area (Å²) < 4.78 is 35.8. The Morgan fingerprint density at radius 2 is 2.00 bits per heavy atom. The van der Waals surface area contributed by atoms with Crippen molar-refractivity contribution >= 4 is 12.0 Å². The Kier molecular flexibility index (Phi) is 5.88. The van der Waals surface area contributed by atoms with E-state index in [1.807, 2.05) is 11.5 Å². The van der Waals surface area contributed by atoms with Crippen molar-refractivity contribution in [2.24, 2.45) is 5.16 Å². The molecule has 0 unspecified atom stereocenters. The van der Waals surface area contributed by atoms with Gasteiger partial charge < -0.3 is 18.6 Å². The fraction of sp³-hybridized carbons (Fsp3) is 0.200. The van der Waals surface area contributed by atoms with Gasteiger partial charge in [0.15, 0.2) is 6.61 Å². The summed E-state index contributed by atoms with van der Waals surface area (Å²) >= 11 is 0. The summed E-state index contributed by atoms with van der Waals surface area (Å²) in [6, 6.07) is 11.4. The van der Waals surface area contributed by atoms with Gasteiger partial charge in [0.2, 0.25) is 5.78 Å². The van der Waals surface area contributed by atoms with Gasteiger partial charge in [-0.15, -0.1) is 0 Å². The van der Waals surface area contributed by atoms with E-state index in [0.29, 0.717) is 17.0 Å². The van der Waals surface area contributed by atoms with Crippen LogP contribution in [0.3, 0.4) is 0 Å². The second-order valence-electron chi connectivity index (χ2n) is 5.94. The van der Waals surface area contributed by atoms with E-state index in [-0.39, 0.29) is 18.1 Å². The molecule has 0 N–H and O–H groups in total. The number of oxime groups is 1. The lowest BCUT2D eigenvalue weighted by Gasteiger charge is -2.11. The Morgan fingerprint density at radius 3 is 2.64 bits per heavy atom. The molecule has 0 aliphatic heterocycles. The lowest BCUT2D eigenvalue weighted by atomic mass is 10.1. The molecule has 2 heterocycles. The first kappa shape index (κ1) is 19.3. The van der Waals surface area contributed by atoms with Crippen molar-refractivity contribution in [3.05, 3.63) is 71.4 Å². The number of hydrogen-bond acceptors (Lipinski definition) is 5. The van der Waals surface area contributed by atoms with Gasteiger partial charge in [-0.1, -0.05) is 5.16 Å². The van der Waals surface area contributed by atoms with Crippen LogP contribution in [0.1, 0.15) is 27.5 Å². The Hall–Kier alpha value is -3.42. The zero-order valence-electron chi connectivity index (χ0n) is 15.3. The number of ether oxygens (including phenoxy) is 1. The minimum Gasteiger partial charge on any atom is -0.463 e. The quantitative estimate of drug-likeness (QED) is 0.323. The number of Topliss-reactive ketones (excluding diaryl/α,β-unsaturated/α-hetero) is 1. The van der Waals surface area contributed by atoms with E-state index in [4.69, 9.17) is 9.25 Å². The molecule has 0 saturated heterocycles. The van der Waals surface area contributed by atoms with Crippen LogP contribution >= 0.6 is 0 Å². The minimum atomic E-state index is -2.87. The van der Waals surface area contributed by atoms with Crippen LogP contribution in [0.15, 0.2) is 58.3 Å². The fourth-order valence-corrected chi connectivity index (χ4v) is 2.85. The molecule has 3 rings (SSSR count). The monoisotopic (exact) mass is 388 g/mol. The number of hydrogen-bond donors (Lipinski definition) is 0. The van der Waals surface area contributed by atoms with Gasteiger partial charge in [0.1, 0.15) is 17.7 Å². The molecule has 8 heteroatoms. The van der Waals surface area contributed by atoms with Crippen molar-refractivity contribution in [2.45, 2.75) is 20.5 Å². The van der Waals surface area contributed by atoms with Crippen molar-refractivity contribution in [3.63, 3.8) is 0 Å². The lowest BCUT2D eigenvalue weighted by Crippen LogP contribution is -2.09. The molecule has 0 spiro atoms. The van der Waals surface area contributed by atoms with Gasteiger partial charge in [0.25, 0.3) is 0 Å². The number of ketones is 1. The van der Waals surface area contributed by atoms with Gasteiger partial charge in [0, 0.05) is 22.6 Å². The Labute approximate surface area is 160 Å². The van der Waals surface area contributed by atoms with E-state index < -0.39 is 6.61 Å². The third-order valence-corrected chi connectivity index (χ3v) is 4.04. The number of aryl methyl sites for hydroxylation is 1. The summed E-state index contributed by atoms with van der Waals surface area (Å²) in [5, 5.41) is 3.71. The maximum Gasteiger partial charge on any atom is 0.387 e. The first-order valence-electron chi connectivity index (χ1n) is 8.42. The maximum atomic E-state index is 12.5. The average Bonchev–Trinajstić information content (AvgIpc) is 3.27. The third kappa shape index (κ3) is 4.46. The minimum absolute atomic E-state index is 0.0698. The summed E-state index contributed by atoms with van der Waals surface area (Å²) in [7, 11) is 0. The zero-order valence-corrected chi connectivity index (χ0v) is 15.3. The molecule has 0 aliphatic rings. The van der Waals surface area contributed by atoms with Crippen molar-refractivity contribution in [2.75, 3.05) is 6.61 Å². The highest BCUT2D eigenvalue weighted by Gasteiger charge is 2.17.